The molecule has 0 saturated heterocycles. The van der Waals surface area contributed by atoms with Gasteiger partial charge >= 0.3 is 11.9 Å². The molecule has 5 heteroatoms. The molecule has 0 radical (unpaired) electrons. The number of hydrogen-bond acceptors (Lipinski definition) is 5. The number of methoxy groups -OCH3 is 1. The van der Waals surface area contributed by atoms with Crippen molar-refractivity contribution in [2.45, 2.75) is 52.6 Å². The Morgan fingerprint density at radius 2 is 1.74 bits per heavy atom. The van der Waals surface area contributed by atoms with Crippen molar-refractivity contribution in [3.8, 4) is 0 Å². The zero-order chi connectivity index (χ0) is 14.7. The van der Waals surface area contributed by atoms with E-state index in [1.165, 1.54) is 0 Å². The Bertz CT molecular complexity index is 265. The summed E-state index contributed by atoms with van der Waals surface area (Å²) in [5.41, 5.74) is 0. The van der Waals surface area contributed by atoms with Gasteiger partial charge in [-0.3, -0.25) is 9.59 Å². The Morgan fingerprint density at radius 3 is 2.32 bits per heavy atom. The molecule has 0 fully saturated rings. The summed E-state index contributed by atoms with van der Waals surface area (Å²) in [5.74, 6) is -0.271. The van der Waals surface area contributed by atoms with Gasteiger partial charge in [0.05, 0.1) is 6.61 Å². The zero-order valence-corrected chi connectivity index (χ0v) is 12.4. The van der Waals surface area contributed by atoms with Gasteiger partial charge in [-0.1, -0.05) is 6.92 Å². The average molecular weight is 274 g/mol. The van der Waals surface area contributed by atoms with Gasteiger partial charge in [-0.05, 0) is 32.6 Å². The second-order valence-corrected chi connectivity index (χ2v) is 4.61. The minimum atomic E-state index is -0.267. The van der Waals surface area contributed by atoms with Crippen molar-refractivity contribution in [1.29, 1.82) is 0 Å². The molecule has 19 heavy (non-hydrogen) atoms. The summed E-state index contributed by atoms with van der Waals surface area (Å²) in [7, 11) is 1.65. The summed E-state index contributed by atoms with van der Waals surface area (Å²) in [4.78, 5) is 22.7. The van der Waals surface area contributed by atoms with E-state index in [9.17, 15) is 9.59 Å². The number of ether oxygens (including phenoxy) is 3. The van der Waals surface area contributed by atoms with Gasteiger partial charge in [0, 0.05) is 26.6 Å². The van der Waals surface area contributed by atoms with E-state index in [0.29, 0.717) is 19.6 Å². The summed E-state index contributed by atoms with van der Waals surface area (Å²) in [6.07, 6.45) is 1.70. The number of esters is 2. The first-order chi connectivity index (χ1) is 9.01. The highest BCUT2D eigenvalue weighted by molar-refractivity contribution is 5.72. The molecule has 0 aliphatic carbocycles. The first kappa shape index (κ1) is 17.9. The fraction of sp³-hybridized carbons (Fsp3) is 0.857. The lowest BCUT2D eigenvalue weighted by Gasteiger charge is -2.20. The lowest BCUT2D eigenvalue weighted by molar-refractivity contribution is -0.151. The standard InChI is InChI=1S/C14H26O5/c1-5-18-13(15)7-6-8-14(16)19-12(3)11(2)9-10-17-4/h11-12H,5-10H2,1-4H3. The van der Waals surface area contributed by atoms with Gasteiger partial charge in [0.15, 0.2) is 0 Å². The number of rotatable bonds is 10. The Morgan fingerprint density at radius 1 is 1.11 bits per heavy atom. The van der Waals surface area contributed by atoms with Crippen LogP contribution in [0.2, 0.25) is 0 Å². The Labute approximate surface area is 115 Å². The van der Waals surface area contributed by atoms with Crippen LogP contribution < -0.4 is 0 Å². The molecule has 0 aromatic heterocycles. The van der Waals surface area contributed by atoms with Crippen LogP contribution >= 0.6 is 0 Å². The summed E-state index contributed by atoms with van der Waals surface area (Å²) in [6, 6.07) is 0. The van der Waals surface area contributed by atoms with Gasteiger partial charge in [0.1, 0.15) is 6.10 Å². The van der Waals surface area contributed by atoms with Crippen molar-refractivity contribution in [1.82, 2.24) is 0 Å². The monoisotopic (exact) mass is 274 g/mol. The van der Waals surface area contributed by atoms with Crippen LogP contribution in [0, 0.1) is 5.92 Å². The van der Waals surface area contributed by atoms with Crippen LogP contribution in [0.4, 0.5) is 0 Å². The SMILES string of the molecule is CCOC(=O)CCCC(=O)OC(C)C(C)CCOC. The molecule has 5 nitrogen and oxygen atoms in total. The van der Waals surface area contributed by atoms with Crippen LogP contribution in [-0.4, -0.2) is 38.4 Å². The van der Waals surface area contributed by atoms with Crippen molar-refractivity contribution in [2.75, 3.05) is 20.3 Å². The third kappa shape index (κ3) is 9.47. The molecule has 0 aliphatic rings. The van der Waals surface area contributed by atoms with Crippen molar-refractivity contribution in [3.05, 3.63) is 0 Å². The summed E-state index contributed by atoms with van der Waals surface area (Å²) in [6.45, 7) is 6.69. The van der Waals surface area contributed by atoms with E-state index < -0.39 is 0 Å². The van der Waals surface area contributed by atoms with Crippen LogP contribution in [0.5, 0.6) is 0 Å². The topological polar surface area (TPSA) is 61.8 Å². The van der Waals surface area contributed by atoms with Crippen LogP contribution in [-0.2, 0) is 23.8 Å². The second kappa shape index (κ2) is 10.8. The minimum absolute atomic E-state index is 0.134. The predicted octanol–water partition coefficient (Wildman–Crippen LogP) is 2.32. The van der Waals surface area contributed by atoms with Crippen LogP contribution in [0.1, 0.15) is 46.5 Å². The van der Waals surface area contributed by atoms with E-state index in [4.69, 9.17) is 14.2 Å². The molecule has 112 valence electrons. The molecule has 0 N–H and O–H groups in total. The third-order valence-electron chi connectivity index (χ3n) is 2.96. The van der Waals surface area contributed by atoms with Gasteiger partial charge in [-0.2, -0.15) is 0 Å². The predicted molar refractivity (Wildman–Crippen MR) is 71.7 cm³/mol. The lowest BCUT2D eigenvalue weighted by atomic mass is 10.0. The number of carbonyl (C=O) groups excluding carboxylic acids is 2. The van der Waals surface area contributed by atoms with Gasteiger partial charge in [-0.25, -0.2) is 0 Å². The highest BCUT2D eigenvalue weighted by atomic mass is 16.5. The quantitative estimate of drug-likeness (QED) is 0.572. The fourth-order valence-electron chi connectivity index (χ4n) is 1.53. The van der Waals surface area contributed by atoms with E-state index >= 15 is 0 Å². The Hall–Kier alpha value is -1.10. The van der Waals surface area contributed by atoms with E-state index in [0.717, 1.165) is 6.42 Å². The first-order valence-electron chi connectivity index (χ1n) is 6.85. The number of carbonyl (C=O) groups is 2. The maximum Gasteiger partial charge on any atom is 0.306 e. The molecule has 0 heterocycles. The lowest BCUT2D eigenvalue weighted by Crippen LogP contribution is -2.23. The maximum absolute atomic E-state index is 11.6. The van der Waals surface area contributed by atoms with E-state index in [-0.39, 0.29) is 36.8 Å². The fourth-order valence-corrected chi connectivity index (χ4v) is 1.53. The molecule has 0 bridgehead atoms. The molecule has 2 unspecified atom stereocenters. The Balaban J connectivity index is 3.75. The molecule has 0 spiro atoms. The molecule has 2 atom stereocenters. The highest BCUT2D eigenvalue weighted by Gasteiger charge is 2.16. The van der Waals surface area contributed by atoms with Crippen molar-refractivity contribution < 1.29 is 23.8 Å². The summed E-state index contributed by atoms with van der Waals surface area (Å²) >= 11 is 0. The zero-order valence-electron chi connectivity index (χ0n) is 12.4. The Kier molecular flexibility index (Phi) is 10.2. The molecule has 0 aromatic rings. The average Bonchev–Trinajstić information content (AvgIpc) is 2.36. The molecule has 0 saturated carbocycles. The molecule has 0 aliphatic heterocycles. The first-order valence-corrected chi connectivity index (χ1v) is 6.85. The summed E-state index contributed by atoms with van der Waals surface area (Å²) in [5, 5.41) is 0. The van der Waals surface area contributed by atoms with E-state index in [1.807, 2.05) is 13.8 Å². The van der Waals surface area contributed by atoms with Crippen molar-refractivity contribution >= 4 is 11.9 Å². The van der Waals surface area contributed by atoms with E-state index in [1.54, 1.807) is 14.0 Å². The number of hydrogen-bond donors (Lipinski definition) is 0. The smallest absolute Gasteiger partial charge is 0.306 e. The third-order valence-corrected chi connectivity index (χ3v) is 2.96. The molecular formula is C14H26O5. The van der Waals surface area contributed by atoms with Crippen LogP contribution in [0.15, 0.2) is 0 Å². The van der Waals surface area contributed by atoms with Gasteiger partial charge < -0.3 is 14.2 Å². The molecule has 0 aromatic carbocycles. The van der Waals surface area contributed by atoms with Gasteiger partial charge in [-0.15, -0.1) is 0 Å². The summed E-state index contributed by atoms with van der Waals surface area (Å²) < 4.78 is 15.1. The highest BCUT2D eigenvalue weighted by Crippen LogP contribution is 2.13. The largest absolute Gasteiger partial charge is 0.466 e. The van der Waals surface area contributed by atoms with Gasteiger partial charge in [0.25, 0.3) is 0 Å². The van der Waals surface area contributed by atoms with Crippen molar-refractivity contribution in [3.63, 3.8) is 0 Å². The van der Waals surface area contributed by atoms with Crippen LogP contribution in [0.3, 0.4) is 0 Å². The van der Waals surface area contributed by atoms with Crippen LogP contribution in [0.25, 0.3) is 0 Å². The molecule has 0 rings (SSSR count). The molecular weight excluding hydrogens is 248 g/mol. The molecule has 0 amide bonds. The maximum atomic E-state index is 11.6. The minimum Gasteiger partial charge on any atom is -0.466 e. The van der Waals surface area contributed by atoms with Crippen molar-refractivity contribution in [2.24, 2.45) is 5.92 Å². The normalized spacial score (nSPS) is 13.7. The van der Waals surface area contributed by atoms with E-state index in [2.05, 4.69) is 0 Å². The van der Waals surface area contributed by atoms with Gasteiger partial charge in [0.2, 0.25) is 0 Å². The second-order valence-electron chi connectivity index (χ2n) is 4.61.